The minimum atomic E-state index is -3.13. The molecular formula is C24H22FN5O3S. The SMILES string of the molecule is Cc1nc2c(C(=O)NCc3ccccn3)nc(-c3ccc(F)cc3)cc2n1C1CCS(=O)(=O)C1. The number of aromatic nitrogens is 4. The van der Waals surface area contributed by atoms with Crippen molar-refractivity contribution in [3.63, 3.8) is 0 Å². The van der Waals surface area contributed by atoms with Crippen LogP contribution in [0.2, 0.25) is 0 Å². The first-order valence-corrected chi connectivity index (χ1v) is 12.7. The zero-order valence-electron chi connectivity index (χ0n) is 18.4. The fourth-order valence-electron chi connectivity index (χ4n) is 4.33. The van der Waals surface area contributed by atoms with Crippen molar-refractivity contribution in [1.82, 2.24) is 24.8 Å². The molecule has 0 aliphatic carbocycles. The molecule has 1 unspecified atom stereocenters. The van der Waals surface area contributed by atoms with Gasteiger partial charge in [0.2, 0.25) is 0 Å². The lowest BCUT2D eigenvalue weighted by Crippen LogP contribution is -2.25. The van der Waals surface area contributed by atoms with Crippen LogP contribution in [0.25, 0.3) is 22.3 Å². The number of carbonyl (C=O) groups excluding carboxylic acids is 1. The molecule has 3 aromatic heterocycles. The van der Waals surface area contributed by atoms with Gasteiger partial charge < -0.3 is 9.88 Å². The summed E-state index contributed by atoms with van der Waals surface area (Å²) in [5.41, 5.74) is 2.93. The lowest BCUT2D eigenvalue weighted by Gasteiger charge is -2.15. The molecule has 1 atom stereocenters. The van der Waals surface area contributed by atoms with E-state index in [-0.39, 0.29) is 35.6 Å². The number of halogens is 1. The maximum Gasteiger partial charge on any atom is 0.272 e. The highest BCUT2D eigenvalue weighted by Crippen LogP contribution is 2.32. The van der Waals surface area contributed by atoms with Crippen molar-refractivity contribution in [3.8, 4) is 11.3 Å². The molecule has 1 N–H and O–H groups in total. The number of imidazole rings is 1. The lowest BCUT2D eigenvalue weighted by atomic mass is 10.1. The maximum atomic E-state index is 13.5. The van der Waals surface area contributed by atoms with Crippen molar-refractivity contribution < 1.29 is 17.6 Å². The predicted molar refractivity (Wildman–Crippen MR) is 125 cm³/mol. The van der Waals surface area contributed by atoms with Gasteiger partial charge in [-0.1, -0.05) is 6.07 Å². The number of aryl methyl sites for hydroxylation is 1. The zero-order chi connectivity index (χ0) is 23.9. The number of nitrogens with zero attached hydrogens (tertiary/aromatic N) is 4. The molecule has 1 aromatic carbocycles. The molecule has 0 radical (unpaired) electrons. The Morgan fingerprint density at radius 2 is 1.97 bits per heavy atom. The van der Waals surface area contributed by atoms with E-state index in [2.05, 4.69) is 20.3 Å². The van der Waals surface area contributed by atoms with Gasteiger partial charge in [-0.15, -0.1) is 0 Å². The van der Waals surface area contributed by atoms with Gasteiger partial charge in [-0.2, -0.15) is 0 Å². The van der Waals surface area contributed by atoms with Crippen LogP contribution in [0.3, 0.4) is 0 Å². The number of sulfone groups is 1. The summed E-state index contributed by atoms with van der Waals surface area (Å²) in [5.74, 6) is -0.0637. The highest BCUT2D eigenvalue weighted by atomic mass is 32.2. The Morgan fingerprint density at radius 1 is 1.18 bits per heavy atom. The van der Waals surface area contributed by atoms with E-state index < -0.39 is 15.7 Å². The number of fused-ring (bicyclic) bond motifs is 1. The molecule has 1 aliphatic heterocycles. The van der Waals surface area contributed by atoms with Crippen molar-refractivity contribution in [2.24, 2.45) is 0 Å². The quantitative estimate of drug-likeness (QED) is 0.471. The van der Waals surface area contributed by atoms with E-state index in [0.29, 0.717) is 40.2 Å². The molecule has 34 heavy (non-hydrogen) atoms. The van der Waals surface area contributed by atoms with Crippen LogP contribution in [0.1, 0.15) is 34.5 Å². The molecule has 1 fully saturated rings. The van der Waals surface area contributed by atoms with E-state index in [0.717, 1.165) is 0 Å². The molecule has 174 valence electrons. The van der Waals surface area contributed by atoms with Crippen LogP contribution < -0.4 is 5.32 Å². The van der Waals surface area contributed by atoms with Crippen LogP contribution in [-0.4, -0.2) is 45.3 Å². The van der Waals surface area contributed by atoms with Gasteiger partial charge in [-0.25, -0.2) is 22.8 Å². The fraction of sp³-hybridized carbons (Fsp3) is 0.250. The molecule has 10 heteroatoms. The predicted octanol–water partition coefficient (Wildman–Crippen LogP) is 3.23. The lowest BCUT2D eigenvalue weighted by molar-refractivity contribution is 0.0947. The third-order valence-electron chi connectivity index (χ3n) is 5.94. The summed E-state index contributed by atoms with van der Waals surface area (Å²) in [4.78, 5) is 26.6. The second kappa shape index (κ2) is 8.60. The van der Waals surface area contributed by atoms with Crippen molar-refractivity contribution in [1.29, 1.82) is 0 Å². The molecule has 0 spiro atoms. The van der Waals surface area contributed by atoms with Crippen LogP contribution in [0.15, 0.2) is 54.7 Å². The largest absolute Gasteiger partial charge is 0.345 e. The summed E-state index contributed by atoms with van der Waals surface area (Å²) < 4.78 is 39.7. The molecular weight excluding hydrogens is 457 g/mol. The van der Waals surface area contributed by atoms with Crippen LogP contribution >= 0.6 is 0 Å². The molecule has 0 saturated carbocycles. The maximum absolute atomic E-state index is 13.5. The number of carbonyl (C=O) groups is 1. The number of amides is 1. The van der Waals surface area contributed by atoms with Crippen molar-refractivity contribution in [3.05, 3.63) is 77.8 Å². The van der Waals surface area contributed by atoms with Crippen LogP contribution in [-0.2, 0) is 16.4 Å². The monoisotopic (exact) mass is 479 g/mol. The second-order valence-corrected chi connectivity index (χ2v) is 10.5. The van der Waals surface area contributed by atoms with E-state index in [9.17, 15) is 17.6 Å². The second-order valence-electron chi connectivity index (χ2n) is 8.32. The molecule has 4 aromatic rings. The Hall–Kier alpha value is -3.66. The van der Waals surface area contributed by atoms with Gasteiger partial charge in [0, 0.05) is 11.8 Å². The minimum Gasteiger partial charge on any atom is -0.345 e. The molecule has 0 bridgehead atoms. The molecule has 8 nitrogen and oxygen atoms in total. The molecule has 4 heterocycles. The summed E-state index contributed by atoms with van der Waals surface area (Å²) in [5, 5.41) is 2.84. The topological polar surface area (TPSA) is 107 Å². The average Bonchev–Trinajstić information content (AvgIpc) is 3.35. The van der Waals surface area contributed by atoms with E-state index in [4.69, 9.17) is 0 Å². The Morgan fingerprint density at radius 3 is 2.65 bits per heavy atom. The highest BCUT2D eigenvalue weighted by molar-refractivity contribution is 7.91. The summed E-state index contributed by atoms with van der Waals surface area (Å²) in [6, 6.07) is 12.8. The van der Waals surface area contributed by atoms with Gasteiger partial charge >= 0.3 is 0 Å². The van der Waals surface area contributed by atoms with E-state index in [1.807, 2.05) is 10.6 Å². The number of benzene rings is 1. The standard InChI is InChI=1S/C24H22FN5O3S/c1-15-28-22-21(30(15)19-9-11-34(32,33)14-19)12-20(16-5-7-17(25)8-6-16)29-23(22)24(31)27-13-18-4-2-3-10-26-18/h2-8,10,12,19H,9,11,13-14H2,1H3,(H,27,31). The minimum absolute atomic E-state index is 0.0225. The van der Waals surface area contributed by atoms with Crippen LogP contribution in [0.5, 0.6) is 0 Å². The zero-order valence-corrected chi connectivity index (χ0v) is 19.2. The number of rotatable bonds is 5. The third kappa shape index (κ3) is 4.28. The average molecular weight is 480 g/mol. The number of hydrogen-bond donors (Lipinski definition) is 1. The highest BCUT2D eigenvalue weighted by Gasteiger charge is 2.32. The molecule has 1 aliphatic rings. The number of hydrogen-bond acceptors (Lipinski definition) is 6. The molecule has 5 rings (SSSR count). The van der Waals surface area contributed by atoms with Crippen LogP contribution in [0, 0.1) is 12.7 Å². The van der Waals surface area contributed by atoms with Gasteiger partial charge in [0.1, 0.15) is 17.2 Å². The summed E-state index contributed by atoms with van der Waals surface area (Å²) in [7, 11) is -3.13. The Labute approximate surface area is 195 Å². The summed E-state index contributed by atoms with van der Waals surface area (Å²) >= 11 is 0. The first-order chi connectivity index (χ1) is 16.3. The van der Waals surface area contributed by atoms with E-state index in [1.54, 1.807) is 43.5 Å². The van der Waals surface area contributed by atoms with Gasteiger partial charge in [-0.05, 0) is 55.8 Å². The number of pyridine rings is 2. The van der Waals surface area contributed by atoms with Gasteiger partial charge in [0.25, 0.3) is 5.91 Å². The van der Waals surface area contributed by atoms with Gasteiger partial charge in [-0.3, -0.25) is 9.78 Å². The molecule has 1 amide bonds. The van der Waals surface area contributed by atoms with Crippen molar-refractivity contribution in [2.45, 2.75) is 25.9 Å². The Kier molecular flexibility index (Phi) is 5.60. The summed E-state index contributed by atoms with van der Waals surface area (Å²) in [6.45, 7) is 2.00. The van der Waals surface area contributed by atoms with Crippen molar-refractivity contribution in [2.75, 3.05) is 11.5 Å². The smallest absolute Gasteiger partial charge is 0.272 e. The number of nitrogens with one attached hydrogen (secondary N) is 1. The van der Waals surface area contributed by atoms with E-state index >= 15 is 0 Å². The first kappa shape index (κ1) is 22.1. The van der Waals surface area contributed by atoms with Crippen molar-refractivity contribution >= 4 is 26.8 Å². The summed E-state index contributed by atoms with van der Waals surface area (Å²) in [6.07, 6.45) is 2.12. The van der Waals surface area contributed by atoms with Gasteiger partial charge in [0.15, 0.2) is 15.5 Å². The van der Waals surface area contributed by atoms with E-state index in [1.165, 1.54) is 12.1 Å². The first-order valence-electron chi connectivity index (χ1n) is 10.8. The molecule has 1 saturated heterocycles. The Balaban J connectivity index is 1.62. The normalized spacial score (nSPS) is 17.2. The fourth-order valence-corrected chi connectivity index (χ4v) is 6.03. The van der Waals surface area contributed by atoms with Crippen LogP contribution in [0.4, 0.5) is 4.39 Å². The Bertz CT molecular complexity index is 1480. The third-order valence-corrected chi connectivity index (χ3v) is 7.69. The van der Waals surface area contributed by atoms with Gasteiger partial charge in [0.05, 0.1) is 41.0 Å².